The largest absolute Gasteiger partial charge is 0.466 e. The predicted molar refractivity (Wildman–Crippen MR) is 41.3 cm³/mol. The maximum absolute atomic E-state index is 12.3. The number of alkyl halides is 4. The van der Waals surface area contributed by atoms with Gasteiger partial charge in [-0.25, -0.2) is 22.4 Å². The van der Waals surface area contributed by atoms with E-state index in [4.69, 9.17) is 0 Å². The van der Waals surface area contributed by atoms with Crippen LogP contribution in [0.5, 0.6) is 0 Å². The highest BCUT2D eigenvalue weighted by Gasteiger charge is 2.40. The summed E-state index contributed by atoms with van der Waals surface area (Å²) < 4.78 is 52.1. The van der Waals surface area contributed by atoms with Crippen LogP contribution in [0.1, 0.15) is 12.8 Å². The molecule has 0 atom stereocenters. The normalized spacial score (nSPS) is 11.6. The lowest BCUT2D eigenvalue weighted by Gasteiger charge is -2.14. The summed E-state index contributed by atoms with van der Waals surface area (Å²) in [6, 6.07) is 0. The molecule has 0 bridgehead atoms. The van der Waals surface area contributed by atoms with Crippen LogP contribution in [0.25, 0.3) is 0 Å². The number of carbonyl (C=O) groups is 1. The van der Waals surface area contributed by atoms with Gasteiger partial charge < -0.3 is 4.74 Å². The molecule has 0 aliphatic rings. The van der Waals surface area contributed by atoms with Gasteiger partial charge in [-0.3, -0.25) is 0 Å². The SMILES string of the molecule is C=C(CCC(F)(F)C(F)F)C(=O)OC. The maximum Gasteiger partial charge on any atom is 0.333 e. The van der Waals surface area contributed by atoms with Crippen LogP contribution in [0, 0.1) is 0 Å². The molecule has 0 aromatic heterocycles. The summed E-state index contributed by atoms with van der Waals surface area (Å²) in [5, 5.41) is 0. The Morgan fingerprint density at radius 1 is 1.50 bits per heavy atom. The second-order valence-corrected chi connectivity index (χ2v) is 2.66. The fourth-order valence-electron chi connectivity index (χ4n) is 0.673. The molecule has 0 saturated heterocycles. The fraction of sp³-hybridized carbons (Fsp3) is 0.625. The third-order valence-corrected chi connectivity index (χ3v) is 1.55. The van der Waals surface area contributed by atoms with Crippen molar-refractivity contribution in [3.63, 3.8) is 0 Å². The van der Waals surface area contributed by atoms with Crippen LogP contribution in [-0.2, 0) is 9.53 Å². The molecule has 0 radical (unpaired) electrons. The van der Waals surface area contributed by atoms with Gasteiger partial charge in [-0.15, -0.1) is 0 Å². The Bertz CT molecular complexity index is 225. The zero-order valence-corrected chi connectivity index (χ0v) is 7.53. The molecule has 0 fully saturated rings. The quantitative estimate of drug-likeness (QED) is 0.399. The van der Waals surface area contributed by atoms with E-state index in [0.29, 0.717) is 0 Å². The van der Waals surface area contributed by atoms with Crippen LogP contribution in [0.3, 0.4) is 0 Å². The van der Waals surface area contributed by atoms with E-state index < -0.39 is 31.2 Å². The Morgan fingerprint density at radius 2 is 2.00 bits per heavy atom. The van der Waals surface area contributed by atoms with E-state index >= 15 is 0 Å². The molecule has 0 N–H and O–H groups in total. The van der Waals surface area contributed by atoms with Crippen molar-refractivity contribution >= 4 is 5.97 Å². The summed E-state index contributed by atoms with van der Waals surface area (Å²) in [6.07, 6.45) is -5.35. The number of hydrogen-bond acceptors (Lipinski definition) is 2. The number of hydrogen-bond donors (Lipinski definition) is 0. The Kier molecular flexibility index (Phi) is 4.59. The lowest BCUT2D eigenvalue weighted by molar-refractivity contribution is -0.139. The molecular weight excluding hydrogens is 204 g/mol. The van der Waals surface area contributed by atoms with Crippen LogP contribution in [0.4, 0.5) is 17.6 Å². The fourth-order valence-corrected chi connectivity index (χ4v) is 0.673. The van der Waals surface area contributed by atoms with E-state index in [9.17, 15) is 22.4 Å². The Hall–Kier alpha value is -1.07. The minimum atomic E-state index is -4.09. The minimum Gasteiger partial charge on any atom is -0.466 e. The molecule has 6 heteroatoms. The molecule has 0 saturated carbocycles. The average molecular weight is 214 g/mol. The molecule has 0 aliphatic carbocycles. The van der Waals surface area contributed by atoms with Crippen molar-refractivity contribution in [3.8, 4) is 0 Å². The van der Waals surface area contributed by atoms with Crippen LogP contribution in [0.2, 0.25) is 0 Å². The van der Waals surface area contributed by atoms with Crippen molar-refractivity contribution in [2.45, 2.75) is 25.2 Å². The summed E-state index contributed by atoms with van der Waals surface area (Å²) in [4.78, 5) is 10.6. The minimum absolute atomic E-state index is 0.243. The molecule has 0 amide bonds. The zero-order valence-electron chi connectivity index (χ0n) is 7.53. The predicted octanol–water partition coefficient (Wildman–Crippen LogP) is 2.40. The first kappa shape index (κ1) is 12.9. The molecule has 0 unspecified atom stereocenters. The van der Waals surface area contributed by atoms with Gasteiger partial charge in [0.05, 0.1) is 7.11 Å². The van der Waals surface area contributed by atoms with Gasteiger partial charge in [0.15, 0.2) is 0 Å². The topological polar surface area (TPSA) is 26.3 Å². The van der Waals surface area contributed by atoms with Crippen molar-refractivity contribution in [2.24, 2.45) is 0 Å². The molecule has 0 heterocycles. The van der Waals surface area contributed by atoms with E-state index in [2.05, 4.69) is 11.3 Å². The average Bonchev–Trinajstić information content (AvgIpc) is 2.12. The van der Waals surface area contributed by atoms with E-state index in [0.717, 1.165) is 7.11 Å². The molecule has 0 aromatic rings. The second kappa shape index (κ2) is 4.97. The van der Waals surface area contributed by atoms with Crippen molar-refractivity contribution in [1.29, 1.82) is 0 Å². The number of ether oxygens (including phenoxy) is 1. The Morgan fingerprint density at radius 3 is 2.36 bits per heavy atom. The van der Waals surface area contributed by atoms with Crippen LogP contribution in [-0.4, -0.2) is 25.4 Å². The number of halogens is 4. The highest BCUT2D eigenvalue weighted by atomic mass is 19.3. The van der Waals surface area contributed by atoms with Crippen molar-refractivity contribution < 1.29 is 27.1 Å². The molecule has 2 nitrogen and oxygen atoms in total. The molecule has 0 aromatic carbocycles. The van der Waals surface area contributed by atoms with Crippen molar-refractivity contribution in [1.82, 2.24) is 0 Å². The molecule has 0 spiro atoms. The molecule has 0 aliphatic heterocycles. The smallest absolute Gasteiger partial charge is 0.333 e. The number of rotatable bonds is 5. The Balaban J connectivity index is 4.06. The number of esters is 1. The zero-order chi connectivity index (χ0) is 11.4. The van der Waals surface area contributed by atoms with Gasteiger partial charge in [0.2, 0.25) is 0 Å². The second-order valence-electron chi connectivity index (χ2n) is 2.66. The highest BCUT2D eigenvalue weighted by Crippen LogP contribution is 2.29. The van der Waals surface area contributed by atoms with Crippen LogP contribution >= 0.6 is 0 Å². The van der Waals surface area contributed by atoms with Gasteiger partial charge in [0.1, 0.15) is 0 Å². The number of methoxy groups -OCH3 is 1. The monoisotopic (exact) mass is 214 g/mol. The molecule has 14 heavy (non-hydrogen) atoms. The van der Waals surface area contributed by atoms with Gasteiger partial charge in [-0.05, 0) is 6.42 Å². The van der Waals surface area contributed by atoms with Gasteiger partial charge in [-0.2, -0.15) is 0 Å². The summed E-state index contributed by atoms with van der Waals surface area (Å²) in [6.45, 7) is 3.14. The van der Waals surface area contributed by atoms with Gasteiger partial charge in [-0.1, -0.05) is 6.58 Å². The summed E-state index contributed by atoms with van der Waals surface area (Å²) >= 11 is 0. The van der Waals surface area contributed by atoms with E-state index in [1.807, 2.05) is 0 Å². The van der Waals surface area contributed by atoms with E-state index in [1.54, 1.807) is 0 Å². The first-order valence-corrected chi connectivity index (χ1v) is 3.73. The molecular formula is C8H10F4O2. The van der Waals surface area contributed by atoms with Gasteiger partial charge in [0.25, 0.3) is 0 Å². The summed E-state index contributed by atoms with van der Waals surface area (Å²) in [5.74, 6) is -4.95. The Labute approximate surface area is 78.5 Å². The summed E-state index contributed by atoms with van der Waals surface area (Å²) in [5.41, 5.74) is -0.243. The lowest BCUT2D eigenvalue weighted by Crippen LogP contribution is -2.26. The van der Waals surface area contributed by atoms with E-state index in [1.165, 1.54) is 0 Å². The van der Waals surface area contributed by atoms with Crippen LogP contribution < -0.4 is 0 Å². The van der Waals surface area contributed by atoms with Gasteiger partial charge in [0, 0.05) is 12.0 Å². The third kappa shape index (κ3) is 3.76. The first-order valence-electron chi connectivity index (χ1n) is 3.73. The van der Waals surface area contributed by atoms with Crippen molar-refractivity contribution in [2.75, 3.05) is 7.11 Å². The molecule has 82 valence electrons. The third-order valence-electron chi connectivity index (χ3n) is 1.55. The van der Waals surface area contributed by atoms with Crippen molar-refractivity contribution in [3.05, 3.63) is 12.2 Å². The lowest BCUT2D eigenvalue weighted by atomic mass is 10.1. The highest BCUT2D eigenvalue weighted by molar-refractivity contribution is 5.87. The molecule has 0 rings (SSSR count). The van der Waals surface area contributed by atoms with E-state index in [-0.39, 0.29) is 5.57 Å². The first-order chi connectivity index (χ1) is 6.31. The maximum atomic E-state index is 12.3. The van der Waals surface area contributed by atoms with Crippen LogP contribution in [0.15, 0.2) is 12.2 Å². The van der Waals surface area contributed by atoms with Gasteiger partial charge >= 0.3 is 18.3 Å². The number of carbonyl (C=O) groups excluding carboxylic acids is 1. The standard InChI is InChI=1S/C8H10F4O2/c1-5(6(13)14-2)3-4-8(11,12)7(9)10/h7H,1,3-4H2,2H3. The summed E-state index contributed by atoms with van der Waals surface area (Å²) in [7, 11) is 1.05.